The van der Waals surface area contributed by atoms with Crippen LogP contribution in [0.1, 0.15) is 22.5 Å². The molecule has 0 aliphatic carbocycles. The smallest absolute Gasteiger partial charge is 0.270 e. The summed E-state index contributed by atoms with van der Waals surface area (Å²) in [6, 6.07) is 3.59. The van der Waals surface area contributed by atoms with Crippen molar-refractivity contribution >= 4 is 5.91 Å². The van der Waals surface area contributed by atoms with Gasteiger partial charge in [-0.25, -0.2) is 0 Å². The maximum absolute atomic E-state index is 11.6. The molecule has 2 rings (SSSR count). The molecule has 4 nitrogen and oxygen atoms in total. The Morgan fingerprint density at radius 2 is 2.50 bits per heavy atom. The molecule has 74 valence electrons. The first kappa shape index (κ1) is 9.15. The zero-order valence-electron chi connectivity index (χ0n) is 7.73. The van der Waals surface area contributed by atoms with Gasteiger partial charge in [-0.05, 0) is 24.5 Å². The van der Waals surface area contributed by atoms with Gasteiger partial charge in [0.1, 0.15) is 5.69 Å². The van der Waals surface area contributed by atoms with Gasteiger partial charge in [-0.1, -0.05) is 6.07 Å². The number of hydrogen-bond acceptors (Lipinski definition) is 3. The number of carbonyl (C=O) groups excluding carboxylic acids is 1. The van der Waals surface area contributed by atoms with Gasteiger partial charge < -0.3 is 10.4 Å². The van der Waals surface area contributed by atoms with Crippen molar-refractivity contribution in [3.05, 3.63) is 29.6 Å². The van der Waals surface area contributed by atoms with Crippen molar-refractivity contribution in [3.63, 3.8) is 0 Å². The van der Waals surface area contributed by atoms with E-state index < -0.39 is 0 Å². The van der Waals surface area contributed by atoms with E-state index in [1.54, 1.807) is 6.20 Å². The number of amides is 1. The first-order valence-electron chi connectivity index (χ1n) is 4.67. The minimum Gasteiger partial charge on any atom is -0.394 e. The van der Waals surface area contributed by atoms with Crippen LogP contribution in [0.4, 0.5) is 0 Å². The number of nitrogens with one attached hydrogen (secondary N) is 1. The maximum Gasteiger partial charge on any atom is 0.270 e. The Bertz CT molecular complexity index is 352. The number of aromatic nitrogens is 1. The summed E-state index contributed by atoms with van der Waals surface area (Å²) in [6.07, 6.45) is 3.16. The van der Waals surface area contributed by atoms with Crippen LogP contribution in [0.3, 0.4) is 0 Å². The summed E-state index contributed by atoms with van der Waals surface area (Å²) in [7, 11) is 0. The van der Waals surface area contributed by atoms with E-state index in [0.29, 0.717) is 5.69 Å². The van der Waals surface area contributed by atoms with Crippen LogP contribution in [0.5, 0.6) is 0 Å². The fourth-order valence-electron chi connectivity index (χ4n) is 1.64. The minimum absolute atomic E-state index is 0.0142. The molecule has 2 heterocycles. The van der Waals surface area contributed by atoms with Crippen molar-refractivity contribution in [2.75, 3.05) is 6.61 Å². The van der Waals surface area contributed by atoms with Crippen molar-refractivity contribution in [3.8, 4) is 0 Å². The summed E-state index contributed by atoms with van der Waals surface area (Å²) in [5.74, 6) is -0.183. The van der Waals surface area contributed by atoms with Gasteiger partial charge >= 0.3 is 0 Å². The number of hydrogen-bond donors (Lipinski definition) is 2. The molecule has 2 N–H and O–H groups in total. The van der Waals surface area contributed by atoms with Crippen molar-refractivity contribution in [1.29, 1.82) is 0 Å². The highest BCUT2D eigenvalue weighted by molar-refractivity contribution is 5.94. The molecular weight excluding hydrogens is 180 g/mol. The standard InChI is InChI=1S/C10H12N2O2/c13-6-8-4-3-7-2-1-5-11-9(7)10(14)12-8/h1-2,5,8,13H,3-4,6H2,(H,12,14)/t8-/m1/s1. The Kier molecular flexibility index (Phi) is 2.45. The van der Waals surface area contributed by atoms with Gasteiger partial charge in [0.25, 0.3) is 5.91 Å². The van der Waals surface area contributed by atoms with Crippen LogP contribution < -0.4 is 5.32 Å². The molecular formula is C10H12N2O2. The summed E-state index contributed by atoms with van der Waals surface area (Å²) in [5, 5.41) is 11.7. The van der Waals surface area contributed by atoms with Crippen LogP contribution in [0.15, 0.2) is 18.3 Å². The number of nitrogens with zero attached hydrogens (tertiary/aromatic N) is 1. The van der Waals surface area contributed by atoms with E-state index >= 15 is 0 Å². The van der Waals surface area contributed by atoms with E-state index in [4.69, 9.17) is 5.11 Å². The lowest BCUT2D eigenvalue weighted by molar-refractivity contribution is 0.0915. The zero-order chi connectivity index (χ0) is 9.97. The molecule has 1 atom stereocenters. The number of rotatable bonds is 1. The van der Waals surface area contributed by atoms with E-state index in [-0.39, 0.29) is 18.6 Å². The fourth-order valence-corrected chi connectivity index (χ4v) is 1.64. The van der Waals surface area contributed by atoms with Gasteiger partial charge in [-0.2, -0.15) is 0 Å². The third-order valence-electron chi connectivity index (χ3n) is 2.42. The van der Waals surface area contributed by atoms with Crippen molar-refractivity contribution in [1.82, 2.24) is 10.3 Å². The topological polar surface area (TPSA) is 62.2 Å². The predicted octanol–water partition coefficient (Wildman–Crippen LogP) is 0.118. The Labute approximate surface area is 82.0 Å². The van der Waals surface area contributed by atoms with E-state index in [9.17, 15) is 4.79 Å². The van der Waals surface area contributed by atoms with Gasteiger partial charge in [0, 0.05) is 6.20 Å². The lowest BCUT2D eigenvalue weighted by atomic mass is 10.1. The first-order chi connectivity index (χ1) is 6.81. The number of aliphatic hydroxyl groups is 1. The third-order valence-corrected chi connectivity index (χ3v) is 2.42. The summed E-state index contributed by atoms with van der Waals surface area (Å²) in [6.45, 7) is -0.0142. The van der Waals surface area contributed by atoms with Crippen molar-refractivity contribution < 1.29 is 9.90 Å². The normalized spacial score (nSPS) is 20.9. The fraction of sp³-hybridized carbons (Fsp3) is 0.400. The van der Waals surface area contributed by atoms with Crippen LogP contribution in [0, 0.1) is 0 Å². The van der Waals surface area contributed by atoms with E-state index in [0.717, 1.165) is 18.4 Å². The molecule has 0 aromatic carbocycles. The number of aliphatic hydroxyl groups excluding tert-OH is 1. The highest BCUT2D eigenvalue weighted by Crippen LogP contribution is 2.13. The van der Waals surface area contributed by atoms with Gasteiger partial charge in [-0.15, -0.1) is 0 Å². The SMILES string of the molecule is O=C1N[C@@H](CO)CCc2cccnc21. The van der Waals surface area contributed by atoms with Crippen LogP contribution >= 0.6 is 0 Å². The minimum atomic E-state index is -0.183. The average Bonchev–Trinajstić information content (AvgIpc) is 2.39. The van der Waals surface area contributed by atoms with Crippen LogP contribution in [-0.2, 0) is 6.42 Å². The van der Waals surface area contributed by atoms with Crippen molar-refractivity contribution in [2.24, 2.45) is 0 Å². The molecule has 0 fully saturated rings. The number of aryl methyl sites for hydroxylation is 1. The molecule has 0 spiro atoms. The second kappa shape index (κ2) is 3.75. The molecule has 0 saturated carbocycles. The largest absolute Gasteiger partial charge is 0.394 e. The summed E-state index contributed by atoms with van der Waals surface area (Å²) in [5.41, 5.74) is 1.45. The second-order valence-corrected chi connectivity index (χ2v) is 3.40. The molecule has 0 radical (unpaired) electrons. The molecule has 0 unspecified atom stereocenters. The summed E-state index contributed by atoms with van der Waals surface area (Å²) >= 11 is 0. The molecule has 1 aromatic rings. The molecule has 1 aliphatic heterocycles. The van der Waals surface area contributed by atoms with E-state index in [2.05, 4.69) is 10.3 Å². The average molecular weight is 192 g/mol. The van der Waals surface area contributed by atoms with Crippen LogP contribution in [-0.4, -0.2) is 28.6 Å². The maximum atomic E-state index is 11.6. The first-order valence-corrected chi connectivity index (χ1v) is 4.67. The summed E-state index contributed by atoms with van der Waals surface area (Å²) in [4.78, 5) is 15.6. The lowest BCUT2D eigenvalue weighted by Gasteiger charge is -2.10. The van der Waals surface area contributed by atoms with Gasteiger partial charge in [0.05, 0.1) is 12.6 Å². The number of fused-ring (bicyclic) bond motifs is 1. The lowest BCUT2D eigenvalue weighted by Crippen LogP contribution is -2.36. The molecule has 14 heavy (non-hydrogen) atoms. The molecule has 1 aliphatic rings. The number of carbonyl (C=O) groups is 1. The van der Waals surface area contributed by atoms with Crippen LogP contribution in [0.2, 0.25) is 0 Å². The Morgan fingerprint density at radius 3 is 3.29 bits per heavy atom. The molecule has 1 aromatic heterocycles. The Balaban J connectivity index is 2.31. The zero-order valence-corrected chi connectivity index (χ0v) is 7.73. The molecule has 4 heteroatoms. The molecule has 0 saturated heterocycles. The molecule has 0 bridgehead atoms. The number of pyridine rings is 1. The highest BCUT2D eigenvalue weighted by atomic mass is 16.3. The quantitative estimate of drug-likeness (QED) is 0.664. The Hall–Kier alpha value is -1.42. The molecule has 1 amide bonds. The highest BCUT2D eigenvalue weighted by Gasteiger charge is 2.21. The monoisotopic (exact) mass is 192 g/mol. The van der Waals surface area contributed by atoms with Gasteiger partial charge in [0.15, 0.2) is 0 Å². The van der Waals surface area contributed by atoms with Crippen LogP contribution in [0.25, 0.3) is 0 Å². The van der Waals surface area contributed by atoms with Crippen molar-refractivity contribution in [2.45, 2.75) is 18.9 Å². The Morgan fingerprint density at radius 1 is 1.64 bits per heavy atom. The van der Waals surface area contributed by atoms with Gasteiger partial charge in [-0.3, -0.25) is 9.78 Å². The second-order valence-electron chi connectivity index (χ2n) is 3.40. The summed E-state index contributed by atoms with van der Waals surface area (Å²) < 4.78 is 0. The predicted molar refractivity (Wildman–Crippen MR) is 50.9 cm³/mol. The van der Waals surface area contributed by atoms with E-state index in [1.807, 2.05) is 12.1 Å². The van der Waals surface area contributed by atoms with E-state index in [1.165, 1.54) is 0 Å². The third kappa shape index (κ3) is 1.61. The van der Waals surface area contributed by atoms with Gasteiger partial charge in [0.2, 0.25) is 0 Å².